The van der Waals surface area contributed by atoms with Crippen molar-refractivity contribution in [2.24, 2.45) is 4.99 Å². The normalized spacial score (nSPS) is 15.8. The predicted octanol–water partition coefficient (Wildman–Crippen LogP) is 6.79. The zero-order valence-corrected chi connectivity index (χ0v) is 19.5. The van der Waals surface area contributed by atoms with Gasteiger partial charge in [0.25, 0.3) is 5.91 Å². The Morgan fingerprint density at radius 3 is 2.51 bits per heavy atom. The summed E-state index contributed by atoms with van der Waals surface area (Å²) in [5, 5.41) is 6.70. The van der Waals surface area contributed by atoms with Crippen LogP contribution >= 0.6 is 11.8 Å². The molecule has 4 aromatic carbocycles. The Labute approximate surface area is 206 Å². The number of hydrogen-bond donors (Lipinski definition) is 2. The quantitative estimate of drug-likeness (QED) is 0.275. The summed E-state index contributed by atoms with van der Waals surface area (Å²) in [5.41, 5.74) is 3.78. The molecule has 1 amide bonds. The van der Waals surface area contributed by atoms with Gasteiger partial charge in [0.05, 0.1) is 10.6 Å². The van der Waals surface area contributed by atoms with Crippen LogP contribution in [0.5, 0.6) is 5.75 Å². The fourth-order valence-electron chi connectivity index (χ4n) is 4.06. The number of amidine groups is 1. The Morgan fingerprint density at radius 1 is 0.857 bits per heavy atom. The monoisotopic (exact) mass is 475 g/mol. The first-order valence-electron chi connectivity index (χ1n) is 11.3. The number of H-pyrrole nitrogens is 1. The van der Waals surface area contributed by atoms with Gasteiger partial charge < -0.3 is 15.0 Å². The van der Waals surface area contributed by atoms with Crippen molar-refractivity contribution in [1.82, 2.24) is 10.3 Å². The second-order valence-corrected chi connectivity index (χ2v) is 9.27. The Bertz CT molecular complexity index is 1620. The molecule has 0 aliphatic carbocycles. The molecule has 0 saturated carbocycles. The molecule has 1 fully saturated rings. The average molecular weight is 476 g/mol. The minimum atomic E-state index is -0.168. The van der Waals surface area contributed by atoms with Crippen molar-refractivity contribution in [3.63, 3.8) is 0 Å². The molecule has 35 heavy (non-hydrogen) atoms. The number of ether oxygens (including phenoxy) is 1. The fourth-order valence-corrected chi connectivity index (χ4v) is 4.89. The molecular formula is C29H21N3O2S. The zero-order valence-electron chi connectivity index (χ0n) is 18.7. The summed E-state index contributed by atoms with van der Waals surface area (Å²) >= 11 is 1.33. The molecule has 0 radical (unpaired) electrons. The summed E-state index contributed by atoms with van der Waals surface area (Å²) in [6.45, 7) is 0.447. The molecule has 5 aromatic rings. The van der Waals surface area contributed by atoms with Crippen LogP contribution in [0.3, 0.4) is 0 Å². The summed E-state index contributed by atoms with van der Waals surface area (Å²) < 4.78 is 6.21. The molecule has 1 aliphatic heterocycles. The second kappa shape index (κ2) is 9.16. The highest BCUT2D eigenvalue weighted by Crippen LogP contribution is 2.33. The predicted molar refractivity (Wildman–Crippen MR) is 144 cm³/mol. The molecule has 6 heteroatoms. The van der Waals surface area contributed by atoms with Crippen LogP contribution < -0.4 is 10.1 Å². The third-order valence-corrected chi connectivity index (χ3v) is 6.73. The van der Waals surface area contributed by atoms with E-state index in [1.54, 1.807) is 0 Å². The highest BCUT2D eigenvalue weighted by molar-refractivity contribution is 8.18. The standard InChI is InChI=1S/C29H21N3O2S/c33-28-27(35-29(32-28)31-24-10-11-25-22(15-24)12-13-30-25)17-23-14-20-8-4-5-9-21(20)16-26(23)34-18-19-6-2-1-3-7-19/h1-17,30H,18H2,(H,31,32,33). The first kappa shape index (κ1) is 21.3. The van der Waals surface area contributed by atoms with E-state index in [2.05, 4.69) is 33.5 Å². The summed E-state index contributed by atoms with van der Waals surface area (Å²) in [5.74, 6) is 0.565. The number of aromatic amines is 1. The van der Waals surface area contributed by atoms with E-state index in [0.717, 1.165) is 44.2 Å². The van der Waals surface area contributed by atoms with Crippen molar-refractivity contribution in [1.29, 1.82) is 0 Å². The Kier molecular flexibility index (Phi) is 5.56. The molecule has 1 aromatic heterocycles. The summed E-state index contributed by atoms with van der Waals surface area (Å²) in [7, 11) is 0. The molecular weight excluding hydrogens is 454 g/mol. The molecule has 2 heterocycles. The fraction of sp³-hybridized carbons (Fsp3) is 0.0345. The van der Waals surface area contributed by atoms with Crippen molar-refractivity contribution >= 4 is 56.3 Å². The lowest BCUT2D eigenvalue weighted by Crippen LogP contribution is -2.19. The van der Waals surface area contributed by atoms with Crippen LogP contribution in [0.15, 0.2) is 107 Å². The van der Waals surface area contributed by atoms with Gasteiger partial charge in [-0.3, -0.25) is 4.79 Å². The van der Waals surface area contributed by atoms with Crippen LogP contribution in [-0.4, -0.2) is 16.1 Å². The highest BCUT2D eigenvalue weighted by Gasteiger charge is 2.24. The summed E-state index contributed by atoms with van der Waals surface area (Å²) in [6, 6.07) is 30.2. The lowest BCUT2D eigenvalue weighted by molar-refractivity contribution is -0.115. The summed E-state index contributed by atoms with van der Waals surface area (Å²) in [6.07, 6.45) is 3.78. The third-order valence-electron chi connectivity index (χ3n) is 5.82. The molecule has 0 unspecified atom stereocenters. The number of carbonyl (C=O) groups excluding carboxylic acids is 1. The van der Waals surface area contributed by atoms with Crippen molar-refractivity contribution in [2.75, 3.05) is 0 Å². The molecule has 6 rings (SSSR count). The number of rotatable bonds is 5. The number of amides is 1. The zero-order chi connectivity index (χ0) is 23.6. The smallest absolute Gasteiger partial charge is 0.264 e. The summed E-state index contributed by atoms with van der Waals surface area (Å²) in [4.78, 5) is 21.2. The number of hydrogen-bond acceptors (Lipinski definition) is 4. The topological polar surface area (TPSA) is 66.5 Å². The first-order valence-corrected chi connectivity index (χ1v) is 12.1. The van der Waals surface area contributed by atoms with Gasteiger partial charge in [0, 0.05) is 22.7 Å². The van der Waals surface area contributed by atoms with Gasteiger partial charge in [0.15, 0.2) is 5.17 Å². The lowest BCUT2D eigenvalue weighted by Gasteiger charge is -2.12. The molecule has 0 spiro atoms. The third kappa shape index (κ3) is 4.56. The molecule has 1 saturated heterocycles. The largest absolute Gasteiger partial charge is 0.488 e. The average Bonchev–Trinajstić information content (AvgIpc) is 3.49. The van der Waals surface area contributed by atoms with Gasteiger partial charge >= 0.3 is 0 Å². The number of fused-ring (bicyclic) bond motifs is 2. The molecule has 0 bridgehead atoms. The number of carbonyl (C=O) groups is 1. The number of nitrogens with zero attached hydrogens (tertiary/aromatic N) is 1. The van der Waals surface area contributed by atoms with Gasteiger partial charge in [0.2, 0.25) is 0 Å². The van der Waals surface area contributed by atoms with E-state index in [4.69, 9.17) is 4.74 Å². The van der Waals surface area contributed by atoms with E-state index >= 15 is 0 Å². The van der Waals surface area contributed by atoms with Crippen LogP contribution in [0, 0.1) is 0 Å². The van der Waals surface area contributed by atoms with E-state index in [9.17, 15) is 4.79 Å². The number of nitrogens with one attached hydrogen (secondary N) is 2. The minimum absolute atomic E-state index is 0.168. The van der Waals surface area contributed by atoms with Crippen LogP contribution in [0.1, 0.15) is 11.1 Å². The van der Waals surface area contributed by atoms with Crippen molar-refractivity contribution in [3.8, 4) is 5.75 Å². The Morgan fingerprint density at radius 2 is 1.66 bits per heavy atom. The first-order chi connectivity index (χ1) is 17.2. The molecule has 170 valence electrons. The van der Waals surface area contributed by atoms with Gasteiger partial charge in [-0.15, -0.1) is 0 Å². The van der Waals surface area contributed by atoms with Crippen molar-refractivity contribution in [3.05, 3.63) is 113 Å². The lowest BCUT2D eigenvalue weighted by atomic mass is 10.1. The van der Waals surface area contributed by atoms with Gasteiger partial charge in [-0.2, -0.15) is 0 Å². The van der Waals surface area contributed by atoms with E-state index in [1.165, 1.54) is 11.8 Å². The maximum Gasteiger partial charge on any atom is 0.264 e. The van der Waals surface area contributed by atoms with Gasteiger partial charge in [-0.1, -0.05) is 54.6 Å². The number of benzene rings is 4. The SMILES string of the molecule is O=C1NC(=Nc2ccc3[nH]ccc3c2)SC1=Cc1cc2ccccc2cc1OCc1ccccc1. The van der Waals surface area contributed by atoms with Crippen molar-refractivity contribution in [2.45, 2.75) is 6.61 Å². The maximum atomic E-state index is 12.8. The molecule has 1 aliphatic rings. The molecule has 5 nitrogen and oxygen atoms in total. The van der Waals surface area contributed by atoms with Crippen molar-refractivity contribution < 1.29 is 9.53 Å². The van der Waals surface area contributed by atoms with Gasteiger partial charge in [-0.05, 0) is 70.6 Å². The van der Waals surface area contributed by atoms with E-state index in [1.807, 2.05) is 85.1 Å². The van der Waals surface area contributed by atoms with Gasteiger partial charge in [0.1, 0.15) is 12.4 Å². The van der Waals surface area contributed by atoms with Crippen LogP contribution in [0.4, 0.5) is 5.69 Å². The van der Waals surface area contributed by atoms with Crippen LogP contribution in [0.25, 0.3) is 27.8 Å². The Hall–Kier alpha value is -4.29. The number of aliphatic imine (C=N–C) groups is 1. The number of thioether (sulfide) groups is 1. The van der Waals surface area contributed by atoms with Gasteiger partial charge in [-0.25, -0.2) is 4.99 Å². The van der Waals surface area contributed by atoms with Crippen LogP contribution in [-0.2, 0) is 11.4 Å². The minimum Gasteiger partial charge on any atom is -0.488 e. The molecule has 0 atom stereocenters. The number of aromatic nitrogens is 1. The van der Waals surface area contributed by atoms with E-state index < -0.39 is 0 Å². The Balaban J connectivity index is 1.31. The second-order valence-electron chi connectivity index (χ2n) is 8.24. The maximum absolute atomic E-state index is 12.8. The van der Waals surface area contributed by atoms with Crippen LogP contribution in [0.2, 0.25) is 0 Å². The van der Waals surface area contributed by atoms with E-state index in [0.29, 0.717) is 16.7 Å². The van der Waals surface area contributed by atoms with E-state index in [-0.39, 0.29) is 5.91 Å². The molecule has 2 N–H and O–H groups in total. The highest BCUT2D eigenvalue weighted by atomic mass is 32.2.